The fourth-order valence-electron chi connectivity index (χ4n) is 0.852. The number of nitrogens with zero attached hydrogens (tertiary/aromatic N) is 1. The Morgan fingerprint density at radius 1 is 1.60 bits per heavy atom. The predicted molar refractivity (Wildman–Crippen MR) is 49.9 cm³/mol. The van der Waals surface area contributed by atoms with Gasteiger partial charge in [0.15, 0.2) is 0 Å². The van der Waals surface area contributed by atoms with E-state index in [-0.39, 0.29) is 6.54 Å². The molecule has 15 heavy (non-hydrogen) atoms. The number of aliphatic carboxylic acids is 1. The van der Waals surface area contributed by atoms with Gasteiger partial charge in [0.25, 0.3) is 0 Å². The molecule has 0 unspecified atom stereocenters. The molecule has 1 aromatic rings. The molecule has 6 heteroatoms. The van der Waals surface area contributed by atoms with E-state index in [1.165, 1.54) is 6.20 Å². The van der Waals surface area contributed by atoms with Crippen LogP contribution in [-0.2, 0) is 16.1 Å². The number of hydrogen-bond donors (Lipinski definition) is 2. The highest BCUT2D eigenvalue weighted by Crippen LogP contribution is 2.00. The van der Waals surface area contributed by atoms with Crippen LogP contribution in [0, 0.1) is 6.92 Å². The third-order valence-corrected chi connectivity index (χ3v) is 1.46. The average Bonchev–Trinajstić information content (AvgIpc) is 2.58. The minimum absolute atomic E-state index is 0.136. The summed E-state index contributed by atoms with van der Waals surface area (Å²) in [4.78, 5) is 24.9. The highest BCUT2D eigenvalue weighted by Gasteiger charge is 2.02. The number of carbonyl (C=O) groups is 2. The molecule has 0 bridgehead atoms. The Bertz CT molecular complexity index is 395. The molecule has 2 N–H and O–H groups in total. The number of amides is 1. The monoisotopic (exact) mass is 210 g/mol. The van der Waals surface area contributed by atoms with Crippen LogP contribution in [0.15, 0.2) is 22.8 Å². The zero-order chi connectivity index (χ0) is 11.3. The maximum absolute atomic E-state index is 11.0. The molecular weight excluding hydrogens is 200 g/mol. The van der Waals surface area contributed by atoms with Crippen LogP contribution in [0.5, 0.6) is 0 Å². The SMILES string of the molecule is Cc1cnc(CNC(=O)/C=C/C(=O)O)o1. The first-order valence-corrected chi connectivity index (χ1v) is 4.18. The molecule has 1 rings (SSSR count). The highest BCUT2D eigenvalue weighted by atomic mass is 16.4. The standard InChI is InChI=1S/C9H10N2O4/c1-6-4-11-8(15-6)5-10-7(12)2-3-9(13)14/h2-4H,5H2,1H3,(H,10,12)(H,13,14)/b3-2+. The Morgan fingerprint density at radius 2 is 2.33 bits per heavy atom. The van der Waals surface area contributed by atoms with Crippen molar-refractivity contribution >= 4 is 11.9 Å². The Kier molecular flexibility index (Phi) is 3.61. The minimum atomic E-state index is -1.17. The van der Waals surface area contributed by atoms with Crippen LogP contribution in [0.3, 0.4) is 0 Å². The van der Waals surface area contributed by atoms with Crippen molar-refractivity contribution in [2.24, 2.45) is 0 Å². The van der Waals surface area contributed by atoms with Crippen molar-refractivity contribution in [3.63, 3.8) is 0 Å². The molecular formula is C9H10N2O4. The number of rotatable bonds is 4. The van der Waals surface area contributed by atoms with E-state index in [1.54, 1.807) is 6.92 Å². The summed E-state index contributed by atoms with van der Waals surface area (Å²) in [5.74, 6) is -0.643. The lowest BCUT2D eigenvalue weighted by Crippen LogP contribution is -2.20. The maximum Gasteiger partial charge on any atom is 0.328 e. The molecule has 0 aliphatic rings. The Labute approximate surface area is 85.6 Å². The van der Waals surface area contributed by atoms with Crippen LogP contribution in [0.1, 0.15) is 11.7 Å². The van der Waals surface area contributed by atoms with E-state index in [0.717, 1.165) is 12.2 Å². The van der Waals surface area contributed by atoms with Crippen LogP contribution in [0.4, 0.5) is 0 Å². The first-order valence-electron chi connectivity index (χ1n) is 4.18. The fraction of sp³-hybridized carbons (Fsp3) is 0.222. The minimum Gasteiger partial charge on any atom is -0.478 e. The van der Waals surface area contributed by atoms with Crippen LogP contribution in [-0.4, -0.2) is 22.0 Å². The van der Waals surface area contributed by atoms with Gasteiger partial charge in [0.1, 0.15) is 5.76 Å². The van der Waals surface area contributed by atoms with E-state index >= 15 is 0 Å². The van der Waals surface area contributed by atoms with Gasteiger partial charge in [-0.15, -0.1) is 0 Å². The van der Waals surface area contributed by atoms with Gasteiger partial charge < -0.3 is 14.8 Å². The van der Waals surface area contributed by atoms with Crippen molar-refractivity contribution in [3.8, 4) is 0 Å². The van der Waals surface area contributed by atoms with E-state index in [0.29, 0.717) is 11.7 Å². The summed E-state index contributed by atoms with van der Waals surface area (Å²) in [6.07, 6.45) is 3.23. The van der Waals surface area contributed by atoms with E-state index in [4.69, 9.17) is 9.52 Å². The van der Waals surface area contributed by atoms with Gasteiger partial charge in [0, 0.05) is 12.2 Å². The molecule has 0 aliphatic heterocycles. The molecule has 0 saturated carbocycles. The van der Waals surface area contributed by atoms with Gasteiger partial charge in [-0.2, -0.15) is 0 Å². The summed E-state index contributed by atoms with van der Waals surface area (Å²) in [6.45, 7) is 1.87. The lowest BCUT2D eigenvalue weighted by molar-refractivity contribution is -0.131. The van der Waals surface area contributed by atoms with Crippen molar-refractivity contribution < 1.29 is 19.1 Å². The third kappa shape index (κ3) is 4.08. The highest BCUT2D eigenvalue weighted by molar-refractivity contribution is 5.93. The molecule has 1 heterocycles. The summed E-state index contributed by atoms with van der Waals surface area (Å²) >= 11 is 0. The molecule has 80 valence electrons. The first-order chi connectivity index (χ1) is 7.08. The summed E-state index contributed by atoms with van der Waals surface area (Å²) in [5, 5.41) is 10.7. The topological polar surface area (TPSA) is 92.4 Å². The zero-order valence-electron chi connectivity index (χ0n) is 8.06. The van der Waals surface area contributed by atoms with Gasteiger partial charge in [-0.1, -0.05) is 0 Å². The largest absolute Gasteiger partial charge is 0.478 e. The predicted octanol–water partition coefficient (Wildman–Crippen LogP) is 0.240. The van der Waals surface area contributed by atoms with Gasteiger partial charge >= 0.3 is 5.97 Å². The smallest absolute Gasteiger partial charge is 0.328 e. The Morgan fingerprint density at radius 3 is 2.87 bits per heavy atom. The van der Waals surface area contributed by atoms with E-state index in [2.05, 4.69) is 10.3 Å². The molecule has 1 aromatic heterocycles. The number of carbonyl (C=O) groups excluding carboxylic acids is 1. The molecule has 0 fully saturated rings. The number of hydrogen-bond acceptors (Lipinski definition) is 4. The van der Waals surface area contributed by atoms with Gasteiger partial charge in [-0.25, -0.2) is 9.78 Å². The summed E-state index contributed by atoms with van der Waals surface area (Å²) in [6, 6.07) is 0. The third-order valence-electron chi connectivity index (χ3n) is 1.46. The van der Waals surface area contributed by atoms with Crippen LogP contribution >= 0.6 is 0 Å². The fourth-order valence-corrected chi connectivity index (χ4v) is 0.852. The van der Waals surface area contributed by atoms with E-state index < -0.39 is 11.9 Å². The number of aryl methyl sites for hydroxylation is 1. The van der Waals surface area contributed by atoms with Crippen molar-refractivity contribution in [1.82, 2.24) is 10.3 Å². The number of carboxylic acid groups (broad SMARTS) is 1. The molecule has 0 radical (unpaired) electrons. The summed E-state index contributed by atoms with van der Waals surface area (Å²) < 4.78 is 5.09. The molecule has 1 amide bonds. The second-order valence-corrected chi connectivity index (χ2v) is 2.75. The average molecular weight is 210 g/mol. The van der Waals surface area contributed by atoms with Crippen molar-refractivity contribution in [3.05, 3.63) is 30.0 Å². The molecule has 0 atom stereocenters. The molecule has 0 saturated heterocycles. The van der Waals surface area contributed by atoms with Crippen molar-refractivity contribution in [2.45, 2.75) is 13.5 Å². The van der Waals surface area contributed by atoms with Gasteiger partial charge in [-0.05, 0) is 6.92 Å². The van der Waals surface area contributed by atoms with Crippen molar-refractivity contribution in [1.29, 1.82) is 0 Å². The number of carboxylic acids is 1. The van der Waals surface area contributed by atoms with Gasteiger partial charge in [-0.3, -0.25) is 4.79 Å². The lowest BCUT2D eigenvalue weighted by atomic mass is 10.4. The maximum atomic E-state index is 11.0. The lowest BCUT2D eigenvalue weighted by Gasteiger charge is -1.96. The molecule has 6 nitrogen and oxygen atoms in total. The zero-order valence-corrected chi connectivity index (χ0v) is 8.06. The molecule has 0 aromatic carbocycles. The van der Waals surface area contributed by atoms with Crippen LogP contribution < -0.4 is 5.32 Å². The Balaban J connectivity index is 2.37. The summed E-state index contributed by atoms with van der Waals surface area (Å²) in [7, 11) is 0. The summed E-state index contributed by atoms with van der Waals surface area (Å²) in [5.41, 5.74) is 0. The van der Waals surface area contributed by atoms with Gasteiger partial charge in [0.2, 0.25) is 11.8 Å². The number of oxazole rings is 1. The Hall–Kier alpha value is -2.11. The molecule has 0 aliphatic carbocycles. The normalized spacial score (nSPS) is 10.5. The van der Waals surface area contributed by atoms with Crippen LogP contribution in [0.25, 0.3) is 0 Å². The second-order valence-electron chi connectivity index (χ2n) is 2.75. The van der Waals surface area contributed by atoms with Crippen LogP contribution in [0.2, 0.25) is 0 Å². The molecule has 0 spiro atoms. The second kappa shape index (κ2) is 4.94. The van der Waals surface area contributed by atoms with Gasteiger partial charge in [0.05, 0.1) is 12.7 Å². The first kappa shape index (κ1) is 11.0. The quantitative estimate of drug-likeness (QED) is 0.694. The van der Waals surface area contributed by atoms with E-state index in [1.807, 2.05) is 0 Å². The van der Waals surface area contributed by atoms with E-state index in [9.17, 15) is 9.59 Å². The van der Waals surface area contributed by atoms with Crippen molar-refractivity contribution in [2.75, 3.05) is 0 Å². The number of nitrogens with one attached hydrogen (secondary N) is 1. The number of aromatic nitrogens is 1.